The zero-order chi connectivity index (χ0) is 9.84. The van der Waals surface area contributed by atoms with E-state index in [4.69, 9.17) is 0 Å². The third-order valence-electron chi connectivity index (χ3n) is 1.32. The lowest BCUT2D eigenvalue weighted by molar-refractivity contribution is -0.119. The van der Waals surface area contributed by atoms with Crippen molar-refractivity contribution in [2.45, 2.75) is 6.92 Å². The molecule has 1 rings (SSSR count). The number of hydrazine groups is 1. The minimum absolute atomic E-state index is 0.322. The molecule has 2 amide bonds. The van der Waals surface area contributed by atoms with Crippen LogP contribution in [0.15, 0.2) is 12.4 Å². The molecule has 70 valence electrons. The number of aromatic nitrogens is 2. The average Bonchev–Trinajstić information content (AvgIpc) is 2.47. The second kappa shape index (κ2) is 3.70. The van der Waals surface area contributed by atoms with Gasteiger partial charge < -0.3 is 0 Å². The molecule has 0 unspecified atom stereocenters. The van der Waals surface area contributed by atoms with Gasteiger partial charge in [0.25, 0.3) is 5.91 Å². The minimum atomic E-state index is -0.386. The fraction of sp³-hybridized carbons (Fsp3) is 0.286. The molecule has 13 heavy (non-hydrogen) atoms. The number of carbonyl (C=O) groups is 2. The molecule has 0 atom stereocenters. The maximum atomic E-state index is 11.2. The number of nitrogens with one attached hydrogen (secondary N) is 2. The van der Waals surface area contributed by atoms with Crippen LogP contribution in [-0.4, -0.2) is 21.6 Å². The van der Waals surface area contributed by atoms with Gasteiger partial charge in [-0.05, 0) is 0 Å². The molecule has 0 aliphatic rings. The van der Waals surface area contributed by atoms with Crippen molar-refractivity contribution in [2.24, 2.45) is 7.05 Å². The summed E-state index contributed by atoms with van der Waals surface area (Å²) in [5.41, 5.74) is 4.80. The van der Waals surface area contributed by atoms with Crippen LogP contribution in [0.2, 0.25) is 0 Å². The Hall–Kier alpha value is -1.85. The second-order valence-corrected chi connectivity index (χ2v) is 2.54. The second-order valence-electron chi connectivity index (χ2n) is 2.54. The number of hydrogen-bond acceptors (Lipinski definition) is 3. The Kier molecular flexibility index (Phi) is 2.63. The van der Waals surface area contributed by atoms with E-state index in [0.717, 1.165) is 0 Å². The molecule has 0 bridgehead atoms. The predicted molar refractivity (Wildman–Crippen MR) is 44.5 cm³/mol. The predicted octanol–water partition coefficient (Wildman–Crippen LogP) is -0.799. The molecule has 0 saturated heterocycles. The fourth-order valence-corrected chi connectivity index (χ4v) is 0.755. The van der Waals surface area contributed by atoms with E-state index in [1.807, 2.05) is 0 Å². The molecule has 1 heterocycles. The highest BCUT2D eigenvalue weighted by atomic mass is 16.2. The Labute approximate surface area is 74.9 Å². The molecule has 0 spiro atoms. The Morgan fingerprint density at radius 2 is 2.15 bits per heavy atom. The first-order chi connectivity index (χ1) is 6.09. The molecule has 0 fully saturated rings. The summed E-state index contributed by atoms with van der Waals surface area (Å²) in [6.45, 7) is 1.31. The SMILES string of the molecule is CC(=O)NNC(=O)c1cnn(C)c1. The monoisotopic (exact) mass is 182 g/mol. The topological polar surface area (TPSA) is 76.0 Å². The van der Waals surface area contributed by atoms with E-state index in [-0.39, 0.29) is 11.8 Å². The summed E-state index contributed by atoms with van der Waals surface area (Å²) < 4.78 is 1.50. The zero-order valence-corrected chi connectivity index (χ0v) is 7.37. The van der Waals surface area contributed by atoms with Gasteiger partial charge in [-0.1, -0.05) is 0 Å². The van der Waals surface area contributed by atoms with Crippen LogP contribution in [0, 0.1) is 0 Å². The number of aryl methyl sites for hydroxylation is 1. The first-order valence-corrected chi connectivity index (χ1v) is 3.65. The lowest BCUT2D eigenvalue weighted by Gasteiger charge is -2.01. The van der Waals surface area contributed by atoms with E-state index in [9.17, 15) is 9.59 Å². The third kappa shape index (κ3) is 2.58. The fourth-order valence-electron chi connectivity index (χ4n) is 0.755. The highest BCUT2D eigenvalue weighted by Gasteiger charge is 2.06. The quantitative estimate of drug-likeness (QED) is 0.558. The van der Waals surface area contributed by atoms with E-state index >= 15 is 0 Å². The number of hydrogen-bond donors (Lipinski definition) is 2. The molecule has 0 aromatic carbocycles. The van der Waals surface area contributed by atoms with Crippen LogP contribution in [-0.2, 0) is 11.8 Å². The maximum absolute atomic E-state index is 11.2. The van der Waals surface area contributed by atoms with Crippen LogP contribution in [0.5, 0.6) is 0 Å². The van der Waals surface area contributed by atoms with Gasteiger partial charge in [0.05, 0.1) is 11.8 Å². The zero-order valence-electron chi connectivity index (χ0n) is 7.37. The van der Waals surface area contributed by atoms with Gasteiger partial charge in [-0.2, -0.15) is 5.10 Å². The Morgan fingerprint density at radius 1 is 1.46 bits per heavy atom. The molecule has 0 saturated carbocycles. The summed E-state index contributed by atoms with van der Waals surface area (Å²) >= 11 is 0. The summed E-state index contributed by atoms with van der Waals surface area (Å²) in [5.74, 6) is -0.708. The van der Waals surface area contributed by atoms with Crippen LogP contribution in [0.25, 0.3) is 0 Å². The number of rotatable bonds is 1. The summed E-state index contributed by atoms with van der Waals surface area (Å²) in [6.07, 6.45) is 2.97. The molecular weight excluding hydrogens is 172 g/mol. The van der Waals surface area contributed by atoms with Crippen LogP contribution in [0.1, 0.15) is 17.3 Å². The van der Waals surface area contributed by atoms with Gasteiger partial charge in [0.2, 0.25) is 5.91 Å². The first kappa shape index (κ1) is 9.24. The van der Waals surface area contributed by atoms with Gasteiger partial charge in [-0.3, -0.25) is 25.1 Å². The summed E-state index contributed by atoms with van der Waals surface area (Å²) in [4.78, 5) is 21.6. The van der Waals surface area contributed by atoms with Gasteiger partial charge in [0, 0.05) is 20.2 Å². The molecule has 1 aromatic heterocycles. The third-order valence-corrected chi connectivity index (χ3v) is 1.32. The van der Waals surface area contributed by atoms with Crippen molar-refractivity contribution in [3.63, 3.8) is 0 Å². The molecule has 0 aliphatic heterocycles. The van der Waals surface area contributed by atoms with Crippen molar-refractivity contribution < 1.29 is 9.59 Å². The molecule has 0 radical (unpaired) electrons. The Bertz CT molecular complexity index is 331. The summed E-state index contributed by atoms with van der Waals surface area (Å²) in [6, 6.07) is 0. The highest BCUT2D eigenvalue weighted by Crippen LogP contribution is 1.93. The number of amides is 2. The van der Waals surface area contributed by atoms with E-state index in [2.05, 4.69) is 16.0 Å². The summed E-state index contributed by atoms with van der Waals surface area (Å²) in [7, 11) is 1.70. The van der Waals surface area contributed by atoms with Gasteiger partial charge >= 0.3 is 0 Å². The lowest BCUT2D eigenvalue weighted by Crippen LogP contribution is -2.40. The molecule has 0 aliphatic carbocycles. The molecule has 1 aromatic rings. The number of nitrogens with zero attached hydrogens (tertiary/aromatic N) is 2. The van der Waals surface area contributed by atoms with Gasteiger partial charge in [-0.15, -0.1) is 0 Å². The van der Waals surface area contributed by atoms with Crippen molar-refractivity contribution in [3.05, 3.63) is 18.0 Å². The van der Waals surface area contributed by atoms with E-state index in [1.165, 1.54) is 17.8 Å². The van der Waals surface area contributed by atoms with Crippen LogP contribution >= 0.6 is 0 Å². The Balaban J connectivity index is 2.54. The standard InChI is InChI=1S/C7H10N4O2/c1-5(12)9-10-7(13)6-3-8-11(2)4-6/h3-4H,1-2H3,(H,9,12)(H,10,13). The molecule has 6 heteroatoms. The average molecular weight is 182 g/mol. The highest BCUT2D eigenvalue weighted by molar-refractivity contribution is 5.94. The molecular formula is C7H10N4O2. The van der Waals surface area contributed by atoms with Crippen molar-refractivity contribution >= 4 is 11.8 Å². The van der Waals surface area contributed by atoms with Crippen LogP contribution in [0.4, 0.5) is 0 Å². The smallest absolute Gasteiger partial charge is 0.272 e. The molecule has 2 N–H and O–H groups in total. The molecule has 6 nitrogen and oxygen atoms in total. The lowest BCUT2D eigenvalue weighted by atomic mass is 10.3. The minimum Gasteiger partial charge on any atom is -0.275 e. The van der Waals surface area contributed by atoms with Crippen molar-refractivity contribution in [2.75, 3.05) is 0 Å². The number of carbonyl (C=O) groups excluding carboxylic acids is 2. The van der Waals surface area contributed by atoms with Crippen LogP contribution < -0.4 is 10.9 Å². The maximum Gasteiger partial charge on any atom is 0.272 e. The summed E-state index contributed by atoms with van der Waals surface area (Å²) in [5, 5.41) is 3.81. The van der Waals surface area contributed by atoms with E-state index in [0.29, 0.717) is 5.56 Å². The van der Waals surface area contributed by atoms with Crippen LogP contribution in [0.3, 0.4) is 0 Å². The Morgan fingerprint density at radius 3 is 2.62 bits per heavy atom. The van der Waals surface area contributed by atoms with E-state index in [1.54, 1.807) is 13.2 Å². The van der Waals surface area contributed by atoms with Crippen molar-refractivity contribution in [3.8, 4) is 0 Å². The largest absolute Gasteiger partial charge is 0.275 e. The van der Waals surface area contributed by atoms with Crippen molar-refractivity contribution in [1.82, 2.24) is 20.6 Å². The van der Waals surface area contributed by atoms with Gasteiger partial charge in [0.15, 0.2) is 0 Å². The normalized spacial score (nSPS) is 9.38. The van der Waals surface area contributed by atoms with E-state index < -0.39 is 0 Å². The first-order valence-electron chi connectivity index (χ1n) is 3.65. The van der Waals surface area contributed by atoms with Crippen molar-refractivity contribution in [1.29, 1.82) is 0 Å². The van der Waals surface area contributed by atoms with Gasteiger partial charge in [-0.25, -0.2) is 0 Å². The van der Waals surface area contributed by atoms with Gasteiger partial charge in [0.1, 0.15) is 0 Å².